The van der Waals surface area contributed by atoms with Gasteiger partial charge in [0.2, 0.25) is 0 Å². The van der Waals surface area contributed by atoms with Gasteiger partial charge < -0.3 is 25.8 Å². The number of nitrogen functional groups attached to an aromatic ring is 1. The van der Waals surface area contributed by atoms with E-state index in [0.29, 0.717) is 30.1 Å². The van der Waals surface area contributed by atoms with Gasteiger partial charge in [-0.25, -0.2) is 9.48 Å². The highest BCUT2D eigenvalue weighted by atomic mass is 16.6. The van der Waals surface area contributed by atoms with Crippen LogP contribution < -0.4 is 16.2 Å². The third kappa shape index (κ3) is 4.50. The third-order valence-corrected chi connectivity index (χ3v) is 4.95. The van der Waals surface area contributed by atoms with Gasteiger partial charge in [0.15, 0.2) is 0 Å². The fourth-order valence-corrected chi connectivity index (χ4v) is 3.57. The number of likely N-dealkylation sites (tertiary alicyclic amines) is 1. The number of carbonyl (C=O) groups is 2. The monoisotopic (exact) mass is 415 g/mol. The van der Waals surface area contributed by atoms with Gasteiger partial charge in [0.25, 0.3) is 5.91 Å². The van der Waals surface area contributed by atoms with Gasteiger partial charge in [-0.1, -0.05) is 0 Å². The summed E-state index contributed by atoms with van der Waals surface area (Å²) in [6.07, 6.45) is 1.17. The summed E-state index contributed by atoms with van der Waals surface area (Å²) < 4.78 is 12.3. The van der Waals surface area contributed by atoms with Crippen molar-refractivity contribution in [2.45, 2.75) is 45.3 Å². The molecule has 9 nitrogen and oxygen atoms in total. The molecule has 1 aliphatic rings. The van der Waals surface area contributed by atoms with E-state index in [1.54, 1.807) is 41.0 Å². The first-order chi connectivity index (χ1) is 14.1. The van der Waals surface area contributed by atoms with Gasteiger partial charge in [-0.05, 0) is 57.9 Å². The highest BCUT2D eigenvalue weighted by Gasteiger charge is 2.32. The minimum atomic E-state index is -0.649. The molecule has 1 saturated heterocycles. The average molecular weight is 415 g/mol. The van der Waals surface area contributed by atoms with Crippen LogP contribution in [0.15, 0.2) is 24.3 Å². The van der Waals surface area contributed by atoms with Crippen molar-refractivity contribution in [2.75, 3.05) is 25.9 Å². The van der Waals surface area contributed by atoms with Crippen LogP contribution in [0.1, 0.15) is 50.0 Å². The highest BCUT2D eigenvalue weighted by Crippen LogP contribution is 2.33. The first kappa shape index (κ1) is 21.5. The number of carbonyl (C=O) groups excluding carboxylic acids is 2. The second-order valence-electron chi connectivity index (χ2n) is 8.37. The first-order valence-electron chi connectivity index (χ1n) is 9.91. The molecule has 2 aromatic rings. The second kappa shape index (κ2) is 8.25. The van der Waals surface area contributed by atoms with E-state index in [9.17, 15) is 9.59 Å². The number of aromatic nitrogens is 2. The number of amides is 2. The number of hydrogen-bond acceptors (Lipinski definition) is 6. The molecular weight excluding hydrogens is 386 g/mol. The maximum atomic E-state index is 12.5. The topological polar surface area (TPSA) is 126 Å². The Labute approximate surface area is 175 Å². The van der Waals surface area contributed by atoms with Crippen molar-refractivity contribution in [3.8, 4) is 17.0 Å². The van der Waals surface area contributed by atoms with E-state index in [1.165, 1.54) is 0 Å². The summed E-state index contributed by atoms with van der Waals surface area (Å²) >= 11 is 0. The molecule has 2 heterocycles. The lowest BCUT2D eigenvalue weighted by atomic mass is 10.1. The van der Waals surface area contributed by atoms with Crippen LogP contribution >= 0.6 is 0 Å². The predicted octanol–water partition coefficient (Wildman–Crippen LogP) is 2.81. The van der Waals surface area contributed by atoms with Crippen LogP contribution in [0.3, 0.4) is 0 Å². The van der Waals surface area contributed by atoms with Crippen molar-refractivity contribution >= 4 is 17.8 Å². The molecule has 30 heavy (non-hydrogen) atoms. The Hall–Kier alpha value is -3.23. The van der Waals surface area contributed by atoms with Crippen molar-refractivity contribution in [2.24, 2.45) is 5.73 Å². The predicted molar refractivity (Wildman–Crippen MR) is 113 cm³/mol. The fraction of sp³-hybridized carbons (Fsp3) is 0.476. The standard InChI is InChI=1S/C21H29N5O4/c1-21(2,3)30-20(28)25-11-5-6-14(12-25)26-18(22)16(19(23)27)17(24-26)13-7-9-15(29-4)10-8-13/h7-10,14H,5-6,11-12,22H2,1-4H3,(H2,23,27). The molecule has 1 atom stereocenters. The number of piperidine rings is 1. The van der Waals surface area contributed by atoms with Gasteiger partial charge in [-0.3, -0.25) is 4.79 Å². The summed E-state index contributed by atoms with van der Waals surface area (Å²) in [6, 6.07) is 6.97. The SMILES string of the molecule is COc1ccc(-c2nn(C3CCCN(C(=O)OC(C)(C)C)C3)c(N)c2C(N)=O)cc1. The van der Waals surface area contributed by atoms with Crippen molar-refractivity contribution in [1.29, 1.82) is 0 Å². The van der Waals surface area contributed by atoms with E-state index < -0.39 is 11.5 Å². The van der Waals surface area contributed by atoms with E-state index in [1.807, 2.05) is 20.8 Å². The minimum Gasteiger partial charge on any atom is -0.497 e. The van der Waals surface area contributed by atoms with Crippen molar-refractivity contribution in [3.05, 3.63) is 29.8 Å². The summed E-state index contributed by atoms with van der Waals surface area (Å²) in [6.45, 7) is 6.48. The van der Waals surface area contributed by atoms with Crippen LogP contribution in [0.4, 0.5) is 10.6 Å². The number of nitrogens with two attached hydrogens (primary N) is 2. The molecule has 162 valence electrons. The number of methoxy groups -OCH3 is 1. The average Bonchev–Trinajstić information content (AvgIpc) is 3.04. The van der Waals surface area contributed by atoms with E-state index >= 15 is 0 Å². The lowest BCUT2D eigenvalue weighted by Crippen LogP contribution is -2.43. The molecule has 1 fully saturated rings. The largest absolute Gasteiger partial charge is 0.497 e. The molecule has 1 aliphatic heterocycles. The van der Waals surface area contributed by atoms with Gasteiger partial charge in [0.05, 0.1) is 13.2 Å². The summed E-state index contributed by atoms with van der Waals surface area (Å²) in [7, 11) is 1.58. The molecular formula is C21H29N5O4. The van der Waals surface area contributed by atoms with Crippen LogP contribution in [0.5, 0.6) is 5.75 Å². The summed E-state index contributed by atoms with van der Waals surface area (Å²) in [5, 5.41) is 4.62. The Kier molecular flexibility index (Phi) is 5.91. The zero-order valence-electron chi connectivity index (χ0n) is 17.8. The molecule has 0 spiro atoms. The molecule has 1 unspecified atom stereocenters. The maximum absolute atomic E-state index is 12.5. The lowest BCUT2D eigenvalue weighted by molar-refractivity contribution is 0.0168. The van der Waals surface area contributed by atoms with Crippen LogP contribution in [0, 0.1) is 0 Å². The van der Waals surface area contributed by atoms with E-state index in [-0.39, 0.29) is 23.5 Å². The van der Waals surface area contributed by atoms with Gasteiger partial charge in [0.1, 0.15) is 28.4 Å². The quantitative estimate of drug-likeness (QED) is 0.791. The minimum absolute atomic E-state index is 0.176. The van der Waals surface area contributed by atoms with Crippen molar-refractivity contribution in [3.63, 3.8) is 0 Å². The van der Waals surface area contributed by atoms with Crippen molar-refractivity contribution in [1.82, 2.24) is 14.7 Å². The first-order valence-corrected chi connectivity index (χ1v) is 9.91. The third-order valence-electron chi connectivity index (χ3n) is 4.95. The smallest absolute Gasteiger partial charge is 0.410 e. The van der Waals surface area contributed by atoms with Crippen LogP contribution in [0.25, 0.3) is 11.3 Å². The number of hydrogen-bond donors (Lipinski definition) is 2. The number of rotatable bonds is 4. The summed E-state index contributed by atoms with van der Waals surface area (Å²) in [4.78, 5) is 26.3. The number of primary amides is 1. The van der Waals surface area contributed by atoms with E-state index in [2.05, 4.69) is 5.10 Å². The highest BCUT2D eigenvalue weighted by molar-refractivity contribution is 6.03. The number of anilines is 1. The molecule has 1 aromatic heterocycles. The Morgan fingerprint density at radius 2 is 1.87 bits per heavy atom. The number of nitrogens with zero attached hydrogens (tertiary/aromatic N) is 3. The zero-order chi connectivity index (χ0) is 22.1. The van der Waals surface area contributed by atoms with Crippen LogP contribution in [0.2, 0.25) is 0 Å². The van der Waals surface area contributed by atoms with Gasteiger partial charge in [0, 0.05) is 18.7 Å². The number of ether oxygens (including phenoxy) is 2. The van der Waals surface area contributed by atoms with Gasteiger partial charge in [-0.15, -0.1) is 0 Å². The number of benzene rings is 1. The Bertz CT molecular complexity index is 930. The normalized spacial score (nSPS) is 16.9. The second-order valence-corrected chi connectivity index (χ2v) is 8.37. The molecule has 0 saturated carbocycles. The zero-order valence-corrected chi connectivity index (χ0v) is 17.8. The molecule has 0 aliphatic carbocycles. The molecule has 9 heteroatoms. The lowest BCUT2D eigenvalue weighted by Gasteiger charge is -2.34. The Balaban J connectivity index is 1.92. The molecule has 1 aromatic carbocycles. The van der Waals surface area contributed by atoms with E-state index in [4.69, 9.17) is 20.9 Å². The van der Waals surface area contributed by atoms with Crippen LogP contribution in [-0.2, 0) is 4.74 Å². The molecule has 4 N–H and O–H groups in total. The maximum Gasteiger partial charge on any atom is 0.410 e. The summed E-state index contributed by atoms with van der Waals surface area (Å²) in [5.41, 5.74) is 12.6. The van der Waals surface area contributed by atoms with Crippen LogP contribution in [-0.4, -0.2) is 52.5 Å². The fourth-order valence-electron chi connectivity index (χ4n) is 3.57. The molecule has 0 bridgehead atoms. The van der Waals surface area contributed by atoms with Gasteiger partial charge >= 0.3 is 6.09 Å². The Morgan fingerprint density at radius 1 is 1.20 bits per heavy atom. The van der Waals surface area contributed by atoms with E-state index in [0.717, 1.165) is 12.8 Å². The molecule has 2 amide bonds. The summed E-state index contributed by atoms with van der Waals surface area (Å²) in [5.74, 6) is 0.237. The molecule has 3 rings (SSSR count). The molecule has 0 radical (unpaired) electrons. The van der Waals surface area contributed by atoms with Crippen molar-refractivity contribution < 1.29 is 19.1 Å². The van der Waals surface area contributed by atoms with Gasteiger partial charge in [-0.2, -0.15) is 5.10 Å². The Morgan fingerprint density at radius 3 is 2.43 bits per heavy atom.